The topological polar surface area (TPSA) is 52.6 Å². The Morgan fingerprint density at radius 1 is 1.28 bits per heavy atom. The Kier molecular flexibility index (Phi) is 5.62. The highest BCUT2D eigenvalue weighted by Gasteiger charge is 2.31. The lowest BCUT2D eigenvalue weighted by molar-refractivity contribution is -0.164. The van der Waals surface area contributed by atoms with E-state index in [9.17, 15) is 9.59 Å². The largest absolute Gasteiger partial charge is 0.466 e. The van der Waals surface area contributed by atoms with Crippen LogP contribution in [0.2, 0.25) is 5.02 Å². The molecule has 6 heteroatoms. The average molecular weight is 336 g/mol. The van der Waals surface area contributed by atoms with Crippen LogP contribution in [0.15, 0.2) is 24.3 Å². The molecule has 0 aliphatic heterocycles. The number of halogens is 2. The van der Waals surface area contributed by atoms with Gasteiger partial charge >= 0.3 is 11.9 Å². The van der Waals surface area contributed by atoms with Gasteiger partial charge in [-0.05, 0) is 17.7 Å². The summed E-state index contributed by atoms with van der Waals surface area (Å²) in [5.74, 6) is -1.18. The van der Waals surface area contributed by atoms with Gasteiger partial charge in [-0.25, -0.2) is 4.79 Å². The summed E-state index contributed by atoms with van der Waals surface area (Å²) >= 11 is 9.10. The van der Waals surface area contributed by atoms with Gasteiger partial charge in [-0.3, -0.25) is 4.79 Å². The summed E-state index contributed by atoms with van der Waals surface area (Å²) in [6.07, 6.45) is -1.03. The van der Waals surface area contributed by atoms with Crippen molar-refractivity contribution in [2.45, 2.75) is 17.9 Å². The summed E-state index contributed by atoms with van der Waals surface area (Å²) in [6, 6.07) is 6.85. The van der Waals surface area contributed by atoms with Crippen LogP contribution in [0, 0.1) is 0 Å². The predicted octanol–water partition coefficient (Wildman–Crippen LogP) is 2.88. The molecule has 2 atom stereocenters. The first kappa shape index (κ1) is 15.0. The fraction of sp³-hybridized carbons (Fsp3) is 0.333. The predicted molar refractivity (Wildman–Crippen MR) is 70.7 cm³/mol. The van der Waals surface area contributed by atoms with Crippen molar-refractivity contribution < 1.29 is 19.1 Å². The van der Waals surface area contributed by atoms with Gasteiger partial charge < -0.3 is 9.47 Å². The van der Waals surface area contributed by atoms with Gasteiger partial charge in [0.2, 0.25) is 6.10 Å². The number of carbonyl (C=O) groups is 2. The second-order valence-electron chi connectivity index (χ2n) is 3.51. The molecule has 0 bridgehead atoms. The molecule has 0 saturated carbocycles. The van der Waals surface area contributed by atoms with Crippen LogP contribution in [0.4, 0.5) is 0 Å². The Morgan fingerprint density at radius 2 is 1.83 bits per heavy atom. The van der Waals surface area contributed by atoms with Crippen molar-refractivity contribution in [3.05, 3.63) is 34.9 Å². The SMILES string of the molecule is COC(=O)[C@H](OC(C)=O)[C@H](Br)c1ccc(Cl)cc1. The Labute approximate surface area is 118 Å². The lowest BCUT2D eigenvalue weighted by atomic mass is 10.1. The molecular formula is C12H12BrClO4. The van der Waals surface area contributed by atoms with Gasteiger partial charge in [0.05, 0.1) is 11.9 Å². The van der Waals surface area contributed by atoms with Crippen molar-refractivity contribution in [3.63, 3.8) is 0 Å². The van der Waals surface area contributed by atoms with Crippen molar-refractivity contribution in [1.29, 1.82) is 0 Å². The Hall–Kier alpha value is -1.07. The molecule has 0 saturated heterocycles. The standard InChI is InChI=1S/C12H12BrClO4/c1-7(15)18-11(12(16)17-2)10(13)8-3-5-9(14)6-4-8/h3-6,10-11H,1-2H3/t10-,11-/m1/s1. The molecule has 0 aliphatic carbocycles. The number of alkyl halides is 1. The van der Waals surface area contributed by atoms with Gasteiger partial charge in [-0.2, -0.15) is 0 Å². The number of carbonyl (C=O) groups excluding carboxylic acids is 2. The molecule has 0 fully saturated rings. The zero-order valence-corrected chi connectivity index (χ0v) is 12.2. The van der Waals surface area contributed by atoms with Crippen molar-refractivity contribution in [2.24, 2.45) is 0 Å². The number of esters is 2. The minimum Gasteiger partial charge on any atom is -0.466 e. The van der Waals surface area contributed by atoms with Gasteiger partial charge in [-0.15, -0.1) is 0 Å². The van der Waals surface area contributed by atoms with Crippen LogP contribution in [0.25, 0.3) is 0 Å². The number of methoxy groups -OCH3 is 1. The number of hydrogen-bond acceptors (Lipinski definition) is 4. The maximum atomic E-state index is 11.6. The summed E-state index contributed by atoms with van der Waals surface area (Å²) in [7, 11) is 1.24. The van der Waals surface area contributed by atoms with E-state index in [1.165, 1.54) is 14.0 Å². The van der Waals surface area contributed by atoms with Gasteiger partial charge in [-0.1, -0.05) is 39.7 Å². The van der Waals surface area contributed by atoms with Crippen LogP contribution in [0.1, 0.15) is 17.3 Å². The lowest BCUT2D eigenvalue weighted by Gasteiger charge is -2.20. The molecule has 98 valence electrons. The Morgan fingerprint density at radius 3 is 2.28 bits per heavy atom. The third kappa shape index (κ3) is 3.99. The van der Waals surface area contributed by atoms with Crippen LogP contribution in [0.3, 0.4) is 0 Å². The van der Waals surface area contributed by atoms with E-state index in [2.05, 4.69) is 20.7 Å². The first-order valence-electron chi connectivity index (χ1n) is 5.10. The van der Waals surface area contributed by atoms with E-state index in [0.717, 1.165) is 5.56 Å². The minimum atomic E-state index is -1.03. The second-order valence-corrected chi connectivity index (χ2v) is 4.93. The molecule has 0 unspecified atom stereocenters. The Balaban J connectivity index is 2.94. The van der Waals surface area contributed by atoms with E-state index in [1.54, 1.807) is 24.3 Å². The fourth-order valence-electron chi connectivity index (χ4n) is 1.34. The molecule has 1 rings (SSSR count). The van der Waals surface area contributed by atoms with Crippen LogP contribution in [-0.4, -0.2) is 25.2 Å². The van der Waals surface area contributed by atoms with E-state index in [0.29, 0.717) is 5.02 Å². The molecule has 1 aromatic rings. The van der Waals surface area contributed by atoms with Gasteiger partial charge in [0.25, 0.3) is 0 Å². The molecule has 0 aliphatic rings. The molecule has 0 aromatic heterocycles. The summed E-state index contributed by atoms with van der Waals surface area (Å²) in [5.41, 5.74) is 0.760. The van der Waals surface area contributed by atoms with Crippen molar-refractivity contribution in [1.82, 2.24) is 0 Å². The van der Waals surface area contributed by atoms with E-state index < -0.39 is 22.9 Å². The molecular weight excluding hydrogens is 323 g/mol. The van der Waals surface area contributed by atoms with Crippen LogP contribution in [-0.2, 0) is 19.1 Å². The Bertz CT molecular complexity index is 432. The summed E-state index contributed by atoms with van der Waals surface area (Å²) < 4.78 is 9.56. The van der Waals surface area contributed by atoms with Gasteiger partial charge in [0, 0.05) is 11.9 Å². The summed E-state index contributed by atoms with van der Waals surface area (Å²) in [5, 5.41) is 0.584. The number of ether oxygens (including phenoxy) is 2. The maximum absolute atomic E-state index is 11.6. The summed E-state index contributed by atoms with van der Waals surface area (Å²) in [4.78, 5) is 22.1. The second kappa shape index (κ2) is 6.75. The highest BCUT2D eigenvalue weighted by Crippen LogP contribution is 2.30. The monoisotopic (exact) mass is 334 g/mol. The van der Waals surface area contributed by atoms with E-state index >= 15 is 0 Å². The molecule has 0 spiro atoms. The highest BCUT2D eigenvalue weighted by atomic mass is 79.9. The smallest absolute Gasteiger partial charge is 0.348 e. The van der Waals surface area contributed by atoms with Gasteiger partial charge in [0.15, 0.2) is 0 Å². The van der Waals surface area contributed by atoms with E-state index in [4.69, 9.17) is 16.3 Å². The number of hydrogen-bond donors (Lipinski definition) is 0. The normalized spacial score (nSPS) is 13.6. The summed E-state index contributed by atoms with van der Waals surface area (Å²) in [6.45, 7) is 1.23. The number of benzene rings is 1. The molecule has 0 N–H and O–H groups in total. The van der Waals surface area contributed by atoms with Crippen molar-refractivity contribution in [3.8, 4) is 0 Å². The molecule has 0 heterocycles. The number of rotatable bonds is 4. The lowest BCUT2D eigenvalue weighted by Crippen LogP contribution is -2.31. The van der Waals surface area contributed by atoms with E-state index in [-0.39, 0.29) is 0 Å². The van der Waals surface area contributed by atoms with Crippen molar-refractivity contribution in [2.75, 3.05) is 7.11 Å². The minimum absolute atomic E-state index is 0.494. The maximum Gasteiger partial charge on any atom is 0.348 e. The fourth-order valence-corrected chi connectivity index (χ4v) is 2.10. The van der Waals surface area contributed by atoms with E-state index in [1.807, 2.05) is 0 Å². The highest BCUT2D eigenvalue weighted by molar-refractivity contribution is 9.09. The van der Waals surface area contributed by atoms with Crippen molar-refractivity contribution >= 4 is 39.5 Å². The molecule has 4 nitrogen and oxygen atoms in total. The zero-order valence-electron chi connectivity index (χ0n) is 9.85. The zero-order chi connectivity index (χ0) is 13.7. The first-order valence-corrected chi connectivity index (χ1v) is 6.39. The molecule has 0 radical (unpaired) electrons. The third-order valence-corrected chi connectivity index (χ3v) is 3.44. The van der Waals surface area contributed by atoms with Crippen LogP contribution < -0.4 is 0 Å². The molecule has 0 amide bonds. The molecule has 1 aromatic carbocycles. The van der Waals surface area contributed by atoms with Crippen LogP contribution in [0.5, 0.6) is 0 Å². The average Bonchev–Trinajstić information content (AvgIpc) is 2.35. The molecule has 18 heavy (non-hydrogen) atoms. The first-order chi connectivity index (χ1) is 8.45. The third-order valence-electron chi connectivity index (χ3n) is 2.18. The quantitative estimate of drug-likeness (QED) is 0.627. The van der Waals surface area contributed by atoms with Gasteiger partial charge in [0.1, 0.15) is 0 Å². The van der Waals surface area contributed by atoms with Crippen LogP contribution >= 0.6 is 27.5 Å².